The van der Waals surface area contributed by atoms with Gasteiger partial charge in [-0.25, -0.2) is 5.48 Å². The predicted octanol–water partition coefficient (Wildman–Crippen LogP) is 3.94. The molecule has 0 saturated heterocycles. The zero-order valence-electron chi connectivity index (χ0n) is 12.1. The molecule has 2 aromatic carbocycles. The van der Waals surface area contributed by atoms with E-state index < -0.39 is 5.91 Å². The van der Waals surface area contributed by atoms with Crippen LogP contribution < -0.4 is 10.8 Å². The summed E-state index contributed by atoms with van der Waals surface area (Å²) in [5.41, 5.74) is 5.28. The molecule has 0 aliphatic heterocycles. The number of hydroxylamine groups is 1. The van der Waals surface area contributed by atoms with Crippen molar-refractivity contribution < 1.29 is 10.0 Å². The Balaban J connectivity index is 1.78. The van der Waals surface area contributed by atoms with Gasteiger partial charge in [-0.15, -0.1) is 11.3 Å². The number of carbonyl (C=O) groups excluding carboxylic acids is 1. The fourth-order valence-corrected chi connectivity index (χ4v) is 3.39. The van der Waals surface area contributed by atoms with Crippen molar-refractivity contribution in [2.75, 3.05) is 5.32 Å². The molecule has 0 saturated carbocycles. The van der Waals surface area contributed by atoms with Gasteiger partial charge in [0, 0.05) is 22.5 Å². The van der Waals surface area contributed by atoms with Crippen molar-refractivity contribution in [3.8, 4) is 0 Å². The molecule has 0 bridgehead atoms. The third kappa shape index (κ3) is 2.81. The van der Waals surface area contributed by atoms with Crippen LogP contribution in [-0.2, 0) is 6.54 Å². The van der Waals surface area contributed by atoms with Gasteiger partial charge in [0.1, 0.15) is 0 Å². The number of fused-ring (bicyclic) bond motifs is 1. The first-order valence-electron chi connectivity index (χ1n) is 6.93. The number of thiophene rings is 1. The lowest BCUT2D eigenvalue weighted by molar-refractivity contribution is 0.0706. The Kier molecular flexibility index (Phi) is 4.09. The Labute approximate surface area is 132 Å². The van der Waals surface area contributed by atoms with E-state index in [1.54, 1.807) is 28.9 Å². The summed E-state index contributed by atoms with van der Waals surface area (Å²) < 4.78 is 1.28. The minimum Gasteiger partial charge on any atom is -0.381 e. The smallest absolute Gasteiger partial charge is 0.274 e. The normalized spacial score (nSPS) is 10.6. The van der Waals surface area contributed by atoms with Gasteiger partial charge in [-0.1, -0.05) is 18.2 Å². The Bertz CT molecular complexity index is 826. The van der Waals surface area contributed by atoms with Gasteiger partial charge in [-0.3, -0.25) is 10.0 Å². The fourth-order valence-electron chi connectivity index (χ4n) is 2.43. The maximum atomic E-state index is 11.4. The summed E-state index contributed by atoms with van der Waals surface area (Å²) in [5.74, 6) is -0.501. The predicted molar refractivity (Wildman–Crippen MR) is 89.6 cm³/mol. The van der Waals surface area contributed by atoms with Crippen LogP contribution in [0.15, 0.2) is 47.8 Å². The van der Waals surface area contributed by atoms with Crippen LogP contribution in [0.3, 0.4) is 0 Å². The first-order chi connectivity index (χ1) is 10.7. The fraction of sp³-hybridized carbons (Fsp3) is 0.118. The molecule has 0 fully saturated rings. The monoisotopic (exact) mass is 312 g/mol. The van der Waals surface area contributed by atoms with Crippen LogP contribution in [0, 0.1) is 6.92 Å². The van der Waals surface area contributed by atoms with E-state index in [0.717, 1.165) is 17.8 Å². The first kappa shape index (κ1) is 14.6. The highest BCUT2D eigenvalue weighted by Crippen LogP contribution is 2.26. The van der Waals surface area contributed by atoms with Crippen molar-refractivity contribution in [2.24, 2.45) is 0 Å². The van der Waals surface area contributed by atoms with E-state index in [-0.39, 0.29) is 0 Å². The minimum absolute atomic E-state index is 0.437. The van der Waals surface area contributed by atoms with E-state index in [2.05, 4.69) is 22.8 Å². The average molecular weight is 312 g/mol. The summed E-state index contributed by atoms with van der Waals surface area (Å²) in [5, 5.41) is 15.5. The summed E-state index contributed by atoms with van der Waals surface area (Å²) in [7, 11) is 0. The first-order valence-corrected chi connectivity index (χ1v) is 7.81. The number of amides is 1. The number of carbonyl (C=O) groups is 1. The van der Waals surface area contributed by atoms with Crippen LogP contribution in [-0.4, -0.2) is 11.1 Å². The lowest BCUT2D eigenvalue weighted by atomic mass is 10.1. The second-order valence-electron chi connectivity index (χ2n) is 5.08. The quantitative estimate of drug-likeness (QED) is 0.505. The van der Waals surface area contributed by atoms with Gasteiger partial charge in [0.2, 0.25) is 0 Å². The highest BCUT2D eigenvalue weighted by Gasteiger charge is 2.08. The van der Waals surface area contributed by atoms with Crippen molar-refractivity contribution in [1.82, 2.24) is 5.48 Å². The molecule has 1 heterocycles. The number of hydrogen-bond acceptors (Lipinski definition) is 4. The summed E-state index contributed by atoms with van der Waals surface area (Å²) in [4.78, 5) is 11.4. The van der Waals surface area contributed by atoms with Crippen LogP contribution in [0.25, 0.3) is 10.1 Å². The van der Waals surface area contributed by atoms with Gasteiger partial charge in [-0.05, 0) is 53.1 Å². The number of anilines is 1. The number of rotatable bonds is 4. The van der Waals surface area contributed by atoms with Crippen LogP contribution in [0.4, 0.5) is 5.69 Å². The molecule has 0 radical (unpaired) electrons. The molecule has 1 aromatic heterocycles. The molecular formula is C17H16N2O2S. The standard InChI is InChI=1S/C17H16N2O2S/c1-11-8-12(17(20)19-21)6-7-15(11)18-9-13-10-22-16-5-3-2-4-14(13)16/h2-8,10,18,21H,9H2,1H3,(H,19,20). The molecule has 0 spiro atoms. The van der Waals surface area contributed by atoms with Crippen molar-refractivity contribution >= 4 is 33.0 Å². The molecule has 3 N–H and O–H groups in total. The molecule has 5 heteroatoms. The minimum atomic E-state index is -0.501. The molecule has 1 amide bonds. The topological polar surface area (TPSA) is 61.4 Å². The number of aryl methyl sites for hydroxylation is 1. The van der Waals surface area contributed by atoms with E-state index in [0.29, 0.717) is 5.56 Å². The van der Waals surface area contributed by atoms with Gasteiger partial charge < -0.3 is 5.32 Å². The molecule has 112 valence electrons. The van der Waals surface area contributed by atoms with E-state index in [9.17, 15) is 4.79 Å². The summed E-state index contributed by atoms with van der Waals surface area (Å²) in [6.07, 6.45) is 0. The van der Waals surface area contributed by atoms with E-state index in [4.69, 9.17) is 5.21 Å². The molecule has 0 atom stereocenters. The Morgan fingerprint density at radius 3 is 2.82 bits per heavy atom. The SMILES string of the molecule is Cc1cc(C(=O)NO)ccc1NCc1csc2ccccc12. The van der Waals surface area contributed by atoms with E-state index in [1.165, 1.54) is 15.6 Å². The van der Waals surface area contributed by atoms with E-state index >= 15 is 0 Å². The van der Waals surface area contributed by atoms with Crippen molar-refractivity contribution in [1.29, 1.82) is 0 Å². The zero-order valence-corrected chi connectivity index (χ0v) is 12.9. The van der Waals surface area contributed by atoms with Gasteiger partial charge in [-0.2, -0.15) is 0 Å². The van der Waals surface area contributed by atoms with Crippen molar-refractivity contribution in [2.45, 2.75) is 13.5 Å². The second-order valence-corrected chi connectivity index (χ2v) is 5.99. The molecule has 0 unspecified atom stereocenters. The van der Waals surface area contributed by atoms with Crippen LogP contribution in [0.5, 0.6) is 0 Å². The largest absolute Gasteiger partial charge is 0.381 e. The second kappa shape index (κ2) is 6.17. The lowest BCUT2D eigenvalue weighted by Gasteiger charge is -2.10. The zero-order chi connectivity index (χ0) is 15.5. The lowest BCUT2D eigenvalue weighted by Crippen LogP contribution is -2.18. The Morgan fingerprint density at radius 1 is 1.23 bits per heavy atom. The molecule has 22 heavy (non-hydrogen) atoms. The van der Waals surface area contributed by atoms with Gasteiger partial charge >= 0.3 is 0 Å². The molecule has 4 nitrogen and oxygen atoms in total. The van der Waals surface area contributed by atoms with Crippen molar-refractivity contribution in [3.05, 3.63) is 64.5 Å². The Morgan fingerprint density at radius 2 is 2.05 bits per heavy atom. The van der Waals surface area contributed by atoms with Gasteiger partial charge in [0.15, 0.2) is 0 Å². The molecular weight excluding hydrogens is 296 g/mol. The number of nitrogens with one attached hydrogen (secondary N) is 2. The van der Waals surface area contributed by atoms with E-state index in [1.807, 2.05) is 25.1 Å². The summed E-state index contributed by atoms with van der Waals surface area (Å²) in [6, 6.07) is 13.6. The van der Waals surface area contributed by atoms with Gasteiger partial charge in [0.05, 0.1) is 0 Å². The maximum absolute atomic E-state index is 11.4. The number of benzene rings is 2. The average Bonchev–Trinajstić information content (AvgIpc) is 2.96. The Hall–Kier alpha value is -2.37. The van der Waals surface area contributed by atoms with Crippen LogP contribution >= 0.6 is 11.3 Å². The van der Waals surface area contributed by atoms with Crippen LogP contribution in [0.2, 0.25) is 0 Å². The maximum Gasteiger partial charge on any atom is 0.274 e. The van der Waals surface area contributed by atoms with Crippen LogP contribution in [0.1, 0.15) is 21.5 Å². The highest BCUT2D eigenvalue weighted by atomic mass is 32.1. The van der Waals surface area contributed by atoms with Gasteiger partial charge in [0.25, 0.3) is 5.91 Å². The number of hydrogen-bond donors (Lipinski definition) is 3. The molecule has 3 aromatic rings. The third-order valence-corrected chi connectivity index (χ3v) is 4.63. The molecule has 0 aliphatic carbocycles. The third-order valence-electron chi connectivity index (χ3n) is 3.62. The molecule has 3 rings (SSSR count). The summed E-state index contributed by atoms with van der Waals surface area (Å²) >= 11 is 1.74. The van der Waals surface area contributed by atoms with Crippen molar-refractivity contribution in [3.63, 3.8) is 0 Å². The summed E-state index contributed by atoms with van der Waals surface area (Å²) in [6.45, 7) is 2.67. The molecule has 0 aliphatic rings. The highest BCUT2D eigenvalue weighted by molar-refractivity contribution is 7.17.